The summed E-state index contributed by atoms with van der Waals surface area (Å²) in [5.74, 6) is 3.95. The molecule has 0 radical (unpaired) electrons. The molecule has 1 aromatic rings. The lowest BCUT2D eigenvalue weighted by Gasteiger charge is -2.60. The van der Waals surface area contributed by atoms with Crippen LogP contribution in [0.1, 0.15) is 37.7 Å². The average molecular weight is 272 g/mol. The fraction of sp³-hybridized carbons (Fsp3) is 0.667. The van der Waals surface area contributed by atoms with Gasteiger partial charge in [0.1, 0.15) is 5.75 Å². The van der Waals surface area contributed by atoms with Gasteiger partial charge in [0.15, 0.2) is 0 Å². The van der Waals surface area contributed by atoms with E-state index in [-0.39, 0.29) is 0 Å². The molecular formula is C18H24O2. The first-order valence-corrected chi connectivity index (χ1v) is 7.99. The average Bonchev–Trinajstić information content (AvgIpc) is 2.47. The summed E-state index contributed by atoms with van der Waals surface area (Å²) in [5, 5.41) is 9.70. The van der Waals surface area contributed by atoms with Crippen LogP contribution in [-0.2, 0) is 5.41 Å². The lowest BCUT2D eigenvalue weighted by Crippen LogP contribution is -2.53. The molecule has 108 valence electrons. The van der Waals surface area contributed by atoms with E-state index in [2.05, 4.69) is 24.3 Å². The Bertz CT molecular complexity index is 477. The van der Waals surface area contributed by atoms with E-state index in [0.29, 0.717) is 17.9 Å². The zero-order chi connectivity index (χ0) is 13.7. The van der Waals surface area contributed by atoms with Crippen LogP contribution < -0.4 is 4.74 Å². The molecule has 4 aliphatic carbocycles. The highest BCUT2D eigenvalue weighted by Crippen LogP contribution is 2.62. The SMILES string of the molecule is COc1ccc(C23CC4C[C@H](C2)C(CO)[C@@H](C4)C3)cc1. The largest absolute Gasteiger partial charge is 0.497 e. The Morgan fingerprint density at radius 3 is 2.30 bits per heavy atom. The lowest BCUT2D eigenvalue weighted by atomic mass is 9.45. The molecule has 0 heterocycles. The Morgan fingerprint density at radius 1 is 1.10 bits per heavy atom. The Morgan fingerprint density at radius 2 is 1.75 bits per heavy atom. The highest BCUT2D eigenvalue weighted by atomic mass is 16.5. The third-order valence-electron chi connectivity index (χ3n) is 6.38. The van der Waals surface area contributed by atoms with Crippen LogP contribution in [0.2, 0.25) is 0 Å². The van der Waals surface area contributed by atoms with Gasteiger partial charge < -0.3 is 9.84 Å². The molecule has 0 saturated heterocycles. The quantitative estimate of drug-likeness (QED) is 0.914. The van der Waals surface area contributed by atoms with Gasteiger partial charge in [-0.05, 0) is 78.9 Å². The zero-order valence-corrected chi connectivity index (χ0v) is 12.2. The van der Waals surface area contributed by atoms with Gasteiger partial charge in [-0.25, -0.2) is 0 Å². The van der Waals surface area contributed by atoms with Crippen LogP contribution in [0.5, 0.6) is 5.75 Å². The molecule has 1 aromatic carbocycles. The minimum atomic E-state index is 0.397. The molecule has 0 spiro atoms. The van der Waals surface area contributed by atoms with E-state index in [9.17, 15) is 5.11 Å². The first-order chi connectivity index (χ1) is 9.74. The summed E-state index contributed by atoms with van der Waals surface area (Å²) >= 11 is 0. The number of hydrogen-bond donors (Lipinski definition) is 1. The summed E-state index contributed by atoms with van der Waals surface area (Å²) in [6.45, 7) is 0.404. The van der Waals surface area contributed by atoms with Gasteiger partial charge in [-0.3, -0.25) is 0 Å². The maximum atomic E-state index is 9.70. The van der Waals surface area contributed by atoms with Crippen molar-refractivity contribution >= 4 is 0 Å². The van der Waals surface area contributed by atoms with Crippen LogP contribution in [-0.4, -0.2) is 18.8 Å². The van der Waals surface area contributed by atoms with Crippen LogP contribution in [0.4, 0.5) is 0 Å². The van der Waals surface area contributed by atoms with Gasteiger partial charge in [0, 0.05) is 6.61 Å². The number of aliphatic hydroxyl groups excluding tert-OH is 1. The summed E-state index contributed by atoms with van der Waals surface area (Å²) in [4.78, 5) is 0. The minimum Gasteiger partial charge on any atom is -0.497 e. The van der Waals surface area contributed by atoms with Crippen molar-refractivity contribution in [3.05, 3.63) is 29.8 Å². The van der Waals surface area contributed by atoms with Gasteiger partial charge in [-0.1, -0.05) is 12.1 Å². The summed E-state index contributed by atoms with van der Waals surface area (Å²) < 4.78 is 5.29. The highest BCUT2D eigenvalue weighted by molar-refractivity contribution is 5.34. The molecule has 0 aliphatic heterocycles. The number of ether oxygens (including phenoxy) is 1. The van der Waals surface area contributed by atoms with Gasteiger partial charge in [-0.15, -0.1) is 0 Å². The zero-order valence-electron chi connectivity index (χ0n) is 12.2. The predicted octanol–water partition coefficient (Wildman–Crippen LogP) is 3.38. The highest BCUT2D eigenvalue weighted by Gasteiger charge is 2.55. The molecule has 4 saturated carbocycles. The maximum absolute atomic E-state index is 9.70. The molecule has 1 N–H and O–H groups in total. The first-order valence-electron chi connectivity index (χ1n) is 7.99. The van der Waals surface area contributed by atoms with E-state index in [0.717, 1.165) is 23.5 Å². The van der Waals surface area contributed by atoms with E-state index >= 15 is 0 Å². The van der Waals surface area contributed by atoms with E-state index in [1.165, 1.54) is 37.7 Å². The Hall–Kier alpha value is -1.02. The molecule has 20 heavy (non-hydrogen) atoms. The fourth-order valence-electron chi connectivity index (χ4n) is 5.73. The monoisotopic (exact) mass is 272 g/mol. The second kappa shape index (κ2) is 4.49. The van der Waals surface area contributed by atoms with E-state index in [1.54, 1.807) is 7.11 Å². The summed E-state index contributed by atoms with van der Waals surface area (Å²) in [7, 11) is 1.73. The summed E-state index contributed by atoms with van der Waals surface area (Å²) in [6, 6.07) is 8.77. The van der Waals surface area contributed by atoms with E-state index in [1.807, 2.05) is 0 Å². The number of hydrogen-bond acceptors (Lipinski definition) is 2. The van der Waals surface area contributed by atoms with Crippen molar-refractivity contribution in [2.75, 3.05) is 13.7 Å². The van der Waals surface area contributed by atoms with Gasteiger partial charge in [0.25, 0.3) is 0 Å². The van der Waals surface area contributed by atoms with Crippen LogP contribution in [0, 0.1) is 23.7 Å². The van der Waals surface area contributed by atoms with Gasteiger partial charge in [-0.2, -0.15) is 0 Å². The third-order valence-corrected chi connectivity index (χ3v) is 6.38. The smallest absolute Gasteiger partial charge is 0.118 e. The van der Waals surface area contributed by atoms with Crippen LogP contribution in [0.3, 0.4) is 0 Å². The van der Waals surface area contributed by atoms with Crippen molar-refractivity contribution in [1.82, 2.24) is 0 Å². The van der Waals surface area contributed by atoms with Crippen LogP contribution in [0.15, 0.2) is 24.3 Å². The molecule has 0 amide bonds. The number of methoxy groups -OCH3 is 1. The maximum Gasteiger partial charge on any atom is 0.118 e. The minimum absolute atomic E-state index is 0.397. The first kappa shape index (κ1) is 12.7. The lowest BCUT2D eigenvalue weighted by molar-refractivity contribution is -0.0739. The molecule has 5 atom stereocenters. The Labute approximate surface area is 121 Å². The third kappa shape index (κ3) is 1.74. The molecule has 4 aliphatic rings. The summed E-state index contributed by atoms with van der Waals surface area (Å²) in [5.41, 5.74) is 1.91. The predicted molar refractivity (Wildman–Crippen MR) is 78.8 cm³/mol. The molecule has 4 fully saturated rings. The van der Waals surface area contributed by atoms with Gasteiger partial charge in [0.2, 0.25) is 0 Å². The Balaban J connectivity index is 1.67. The summed E-state index contributed by atoms with van der Waals surface area (Å²) in [6.07, 6.45) is 6.67. The van der Waals surface area contributed by atoms with Crippen LogP contribution in [0.25, 0.3) is 0 Å². The van der Waals surface area contributed by atoms with Crippen molar-refractivity contribution in [2.45, 2.75) is 37.5 Å². The van der Waals surface area contributed by atoms with Crippen molar-refractivity contribution in [1.29, 1.82) is 0 Å². The Kier molecular flexibility index (Phi) is 2.85. The van der Waals surface area contributed by atoms with E-state index in [4.69, 9.17) is 4.74 Å². The number of aliphatic hydroxyl groups is 1. The normalized spacial score (nSPS) is 41.9. The molecule has 4 bridgehead atoms. The van der Waals surface area contributed by atoms with Crippen molar-refractivity contribution in [3.8, 4) is 5.75 Å². The molecule has 2 nitrogen and oxygen atoms in total. The second-order valence-electron chi connectivity index (χ2n) is 7.33. The van der Waals surface area contributed by atoms with Crippen molar-refractivity contribution < 1.29 is 9.84 Å². The topological polar surface area (TPSA) is 29.5 Å². The molecular weight excluding hydrogens is 248 g/mol. The fourth-order valence-corrected chi connectivity index (χ4v) is 5.73. The van der Waals surface area contributed by atoms with E-state index < -0.39 is 0 Å². The number of rotatable bonds is 3. The molecule has 2 heteroatoms. The van der Waals surface area contributed by atoms with Gasteiger partial charge in [0.05, 0.1) is 7.11 Å². The second-order valence-corrected chi connectivity index (χ2v) is 7.33. The van der Waals surface area contributed by atoms with Crippen molar-refractivity contribution in [2.24, 2.45) is 23.7 Å². The van der Waals surface area contributed by atoms with Gasteiger partial charge >= 0.3 is 0 Å². The molecule has 5 rings (SSSR count). The molecule has 0 aromatic heterocycles. The number of benzene rings is 1. The molecule has 3 unspecified atom stereocenters. The van der Waals surface area contributed by atoms with Crippen LogP contribution >= 0.6 is 0 Å². The standard InChI is InChI=1S/C18H24O2/c1-20-16-4-2-15(3-5-16)18-8-12-6-13(9-18)17(11-19)14(7-12)10-18/h2-5,12-14,17,19H,6-11H2,1H3/t12?,13-,14+,17?,18?. The van der Waals surface area contributed by atoms with Crippen molar-refractivity contribution in [3.63, 3.8) is 0 Å².